The number of benzene rings is 1. The fraction of sp³-hybridized carbons (Fsp3) is 0.500. The Morgan fingerprint density at radius 1 is 1.22 bits per heavy atom. The van der Waals surface area contributed by atoms with Gasteiger partial charge in [-0.15, -0.1) is 6.42 Å². The van der Waals surface area contributed by atoms with E-state index in [2.05, 4.69) is 12.8 Å². The number of ether oxygens (including phenoxy) is 2. The first-order chi connectivity index (χ1) is 8.83. The lowest BCUT2D eigenvalue weighted by Crippen LogP contribution is -2.27. The zero-order valence-electron chi connectivity index (χ0n) is 10.9. The Balaban J connectivity index is 1.87. The summed E-state index contributed by atoms with van der Waals surface area (Å²) in [6.07, 6.45) is 8.78. The number of hydrogen-bond acceptors (Lipinski definition) is 2. The van der Waals surface area contributed by atoms with Gasteiger partial charge in [0.25, 0.3) is 0 Å². The summed E-state index contributed by atoms with van der Waals surface area (Å²) >= 11 is 0. The molecule has 1 aliphatic heterocycles. The largest absolute Gasteiger partial charge is 0.348 e. The highest BCUT2D eigenvalue weighted by Gasteiger charge is 2.22. The molecule has 0 N–H and O–H groups in total. The summed E-state index contributed by atoms with van der Waals surface area (Å²) in [7, 11) is 0. The minimum atomic E-state index is -0.227. The van der Waals surface area contributed by atoms with Crippen molar-refractivity contribution in [1.29, 1.82) is 0 Å². The first kappa shape index (κ1) is 13.1. The molecule has 0 atom stereocenters. The van der Waals surface area contributed by atoms with Crippen LogP contribution < -0.4 is 0 Å². The van der Waals surface area contributed by atoms with Gasteiger partial charge in [0.15, 0.2) is 6.29 Å². The lowest BCUT2D eigenvalue weighted by atomic mass is 10.0. The van der Waals surface area contributed by atoms with Crippen molar-refractivity contribution in [2.45, 2.75) is 32.5 Å². The summed E-state index contributed by atoms with van der Waals surface area (Å²) in [5.41, 5.74) is 1.93. The minimum absolute atomic E-state index is 0.227. The zero-order chi connectivity index (χ0) is 12.8. The molecule has 1 aromatic carbocycles. The third-order valence-electron chi connectivity index (χ3n) is 3.28. The predicted molar refractivity (Wildman–Crippen MR) is 72.0 cm³/mol. The van der Waals surface area contributed by atoms with Crippen LogP contribution >= 0.6 is 0 Å². The van der Waals surface area contributed by atoms with E-state index in [0.29, 0.717) is 5.92 Å². The third kappa shape index (κ3) is 3.35. The fourth-order valence-corrected chi connectivity index (χ4v) is 2.13. The fourth-order valence-electron chi connectivity index (χ4n) is 2.13. The van der Waals surface area contributed by atoms with Crippen LogP contribution in [0.3, 0.4) is 0 Å². The quantitative estimate of drug-likeness (QED) is 0.754. The smallest absolute Gasteiger partial charge is 0.183 e. The molecule has 1 fully saturated rings. The van der Waals surface area contributed by atoms with E-state index in [0.717, 1.165) is 24.3 Å². The highest BCUT2D eigenvalue weighted by atomic mass is 16.7. The van der Waals surface area contributed by atoms with Gasteiger partial charge in [-0.2, -0.15) is 0 Å². The van der Waals surface area contributed by atoms with Crippen molar-refractivity contribution in [3.63, 3.8) is 0 Å². The maximum atomic E-state index is 5.77. The average Bonchev–Trinajstić information content (AvgIpc) is 2.46. The molecule has 96 valence electrons. The van der Waals surface area contributed by atoms with Gasteiger partial charge in [0.1, 0.15) is 0 Å². The maximum absolute atomic E-state index is 5.77. The van der Waals surface area contributed by atoms with Crippen LogP contribution in [0.4, 0.5) is 0 Å². The van der Waals surface area contributed by atoms with E-state index in [1.54, 1.807) is 0 Å². The first-order valence-corrected chi connectivity index (χ1v) is 6.63. The van der Waals surface area contributed by atoms with Gasteiger partial charge in [0.05, 0.1) is 13.2 Å². The highest BCUT2D eigenvalue weighted by molar-refractivity contribution is 5.34. The van der Waals surface area contributed by atoms with Crippen LogP contribution in [0.2, 0.25) is 0 Å². The Hall–Kier alpha value is -1.30. The molecule has 0 saturated carbocycles. The SMILES string of the molecule is C#Cc1ccc(C2OCC(CCCC)CO2)cc1. The average molecular weight is 244 g/mol. The Bertz CT molecular complexity index is 394. The number of rotatable bonds is 4. The van der Waals surface area contributed by atoms with Gasteiger partial charge < -0.3 is 9.47 Å². The maximum Gasteiger partial charge on any atom is 0.183 e. The van der Waals surface area contributed by atoms with E-state index in [1.807, 2.05) is 24.3 Å². The van der Waals surface area contributed by atoms with Gasteiger partial charge in [-0.3, -0.25) is 0 Å². The minimum Gasteiger partial charge on any atom is -0.348 e. The summed E-state index contributed by atoms with van der Waals surface area (Å²) in [4.78, 5) is 0. The van der Waals surface area contributed by atoms with Crippen LogP contribution in [0.25, 0.3) is 0 Å². The van der Waals surface area contributed by atoms with Gasteiger partial charge in [0.2, 0.25) is 0 Å². The van der Waals surface area contributed by atoms with Crippen LogP contribution in [0.15, 0.2) is 24.3 Å². The van der Waals surface area contributed by atoms with E-state index < -0.39 is 0 Å². The molecular formula is C16H20O2. The van der Waals surface area contributed by atoms with Crippen molar-refractivity contribution >= 4 is 0 Å². The van der Waals surface area contributed by atoms with E-state index >= 15 is 0 Å². The third-order valence-corrected chi connectivity index (χ3v) is 3.28. The summed E-state index contributed by atoms with van der Waals surface area (Å²) in [5, 5.41) is 0. The molecule has 0 radical (unpaired) electrons. The van der Waals surface area contributed by atoms with Crippen molar-refractivity contribution in [2.75, 3.05) is 13.2 Å². The monoisotopic (exact) mass is 244 g/mol. The summed E-state index contributed by atoms with van der Waals surface area (Å²) in [5.74, 6) is 3.15. The van der Waals surface area contributed by atoms with E-state index in [1.165, 1.54) is 19.3 Å². The van der Waals surface area contributed by atoms with Crippen molar-refractivity contribution < 1.29 is 9.47 Å². The molecule has 18 heavy (non-hydrogen) atoms. The lowest BCUT2D eigenvalue weighted by molar-refractivity contribution is -0.206. The molecule has 1 saturated heterocycles. The first-order valence-electron chi connectivity index (χ1n) is 6.63. The van der Waals surface area contributed by atoms with Gasteiger partial charge in [-0.05, 0) is 18.6 Å². The predicted octanol–water partition coefficient (Wildman–Crippen LogP) is 3.52. The Kier molecular flexibility index (Phi) is 4.81. The molecule has 1 aliphatic rings. The molecule has 0 aromatic heterocycles. The van der Waals surface area contributed by atoms with Crippen LogP contribution in [0.5, 0.6) is 0 Å². The molecule has 0 aliphatic carbocycles. The lowest BCUT2D eigenvalue weighted by Gasteiger charge is -2.29. The van der Waals surface area contributed by atoms with Crippen molar-refractivity contribution in [1.82, 2.24) is 0 Å². The molecule has 2 rings (SSSR count). The summed E-state index contributed by atoms with van der Waals surface area (Å²) in [6.45, 7) is 3.80. The second-order valence-corrected chi connectivity index (χ2v) is 4.77. The highest BCUT2D eigenvalue weighted by Crippen LogP contribution is 2.27. The summed E-state index contributed by atoms with van der Waals surface area (Å²) < 4.78 is 11.5. The Morgan fingerprint density at radius 3 is 2.44 bits per heavy atom. The molecular weight excluding hydrogens is 224 g/mol. The van der Waals surface area contributed by atoms with Crippen molar-refractivity contribution in [3.8, 4) is 12.3 Å². The Morgan fingerprint density at radius 2 is 1.89 bits per heavy atom. The van der Waals surface area contributed by atoms with Crippen LogP contribution in [0, 0.1) is 18.3 Å². The van der Waals surface area contributed by atoms with Gasteiger partial charge in [0, 0.05) is 17.0 Å². The summed E-state index contributed by atoms with van der Waals surface area (Å²) in [6, 6.07) is 7.80. The van der Waals surface area contributed by atoms with Crippen LogP contribution in [-0.2, 0) is 9.47 Å². The van der Waals surface area contributed by atoms with Crippen LogP contribution in [-0.4, -0.2) is 13.2 Å². The molecule has 2 nitrogen and oxygen atoms in total. The molecule has 1 aromatic rings. The van der Waals surface area contributed by atoms with Gasteiger partial charge in [-0.1, -0.05) is 37.8 Å². The molecule has 0 spiro atoms. The second kappa shape index (κ2) is 6.58. The zero-order valence-corrected chi connectivity index (χ0v) is 10.9. The van der Waals surface area contributed by atoms with E-state index in [9.17, 15) is 0 Å². The molecule has 1 heterocycles. The van der Waals surface area contributed by atoms with Crippen molar-refractivity contribution in [3.05, 3.63) is 35.4 Å². The van der Waals surface area contributed by atoms with Crippen molar-refractivity contribution in [2.24, 2.45) is 5.92 Å². The molecule has 0 amide bonds. The number of unbranched alkanes of at least 4 members (excludes halogenated alkanes) is 1. The van der Waals surface area contributed by atoms with Crippen LogP contribution in [0.1, 0.15) is 43.6 Å². The normalized spacial score (nSPS) is 23.6. The molecule has 2 heteroatoms. The van der Waals surface area contributed by atoms with E-state index in [4.69, 9.17) is 15.9 Å². The molecule has 0 unspecified atom stereocenters. The van der Waals surface area contributed by atoms with Gasteiger partial charge in [-0.25, -0.2) is 0 Å². The standard InChI is InChI=1S/C16H20O2/c1-3-5-6-14-11-17-16(18-12-14)15-9-7-13(4-2)8-10-15/h2,7-10,14,16H,3,5-6,11-12H2,1H3. The topological polar surface area (TPSA) is 18.5 Å². The molecule has 0 bridgehead atoms. The number of hydrogen-bond donors (Lipinski definition) is 0. The van der Waals surface area contributed by atoms with E-state index in [-0.39, 0.29) is 6.29 Å². The van der Waals surface area contributed by atoms with Gasteiger partial charge >= 0.3 is 0 Å². The number of terminal acetylenes is 1. The second-order valence-electron chi connectivity index (χ2n) is 4.77. The Labute approximate surface area is 109 Å².